The normalized spacial score (nSPS) is 13.9. The second-order valence-electron chi connectivity index (χ2n) is 4.84. The lowest BCUT2D eigenvalue weighted by atomic mass is 10.2. The number of benzene rings is 1. The molecule has 0 spiro atoms. The van der Waals surface area contributed by atoms with Gasteiger partial charge in [0.2, 0.25) is 0 Å². The third kappa shape index (κ3) is 2.45. The van der Waals surface area contributed by atoms with E-state index >= 15 is 0 Å². The van der Waals surface area contributed by atoms with Crippen LogP contribution in [-0.4, -0.2) is 21.9 Å². The maximum absolute atomic E-state index is 13.6. The minimum absolute atomic E-state index is 0.246. The van der Waals surface area contributed by atoms with Crippen molar-refractivity contribution in [1.29, 1.82) is 0 Å². The van der Waals surface area contributed by atoms with E-state index in [0.717, 1.165) is 31.0 Å². The van der Waals surface area contributed by atoms with Crippen molar-refractivity contribution in [3.05, 3.63) is 35.7 Å². The SMILES string of the molecule is COc1ccc(NCc2nnc3n2CCCC3)cc1F. The largest absolute Gasteiger partial charge is 0.494 e. The summed E-state index contributed by atoms with van der Waals surface area (Å²) in [5, 5.41) is 11.6. The zero-order valence-corrected chi connectivity index (χ0v) is 11.4. The number of ether oxygens (including phenoxy) is 1. The van der Waals surface area contributed by atoms with Crippen LogP contribution in [0.1, 0.15) is 24.5 Å². The van der Waals surface area contributed by atoms with E-state index in [1.807, 2.05) is 0 Å². The molecule has 5 nitrogen and oxygen atoms in total. The average Bonchev–Trinajstić information content (AvgIpc) is 2.88. The predicted octanol–water partition coefficient (Wildman–Crippen LogP) is 2.37. The number of rotatable bonds is 4. The molecule has 0 amide bonds. The summed E-state index contributed by atoms with van der Waals surface area (Å²) in [6, 6.07) is 4.82. The van der Waals surface area contributed by atoms with E-state index in [-0.39, 0.29) is 11.6 Å². The number of fused-ring (bicyclic) bond motifs is 1. The molecular formula is C14H17FN4O. The fourth-order valence-corrected chi connectivity index (χ4v) is 2.46. The van der Waals surface area contributed by atoms with Crippen molar-refractivity contribution in [2.75, 3.05) is 12.4 Å². The number of aromatic nitrogens is 3. The molecule has 0 fully saturated rings. The summed E-state index contributed by atoms with van der Waals surface area (Å²) in [7, 11) is 1.45. The highest BCUT2D eigenvalue weighted by Crippen LogP contribution is 2.21. The Kier molecular flexibility index (Phi) is 3.54. The fourth-order valence-electron chi connectivity index (χ4n) is 2.46. The van der Waals surface area contributed by atoms with Crippen LogP contribution in [0.15, 0.2) is 18.2 Å². The quantitative estimate of drug-likeness (QED) is 0.931. The Balaban J connectivity index is 1.70. The molecule has 1 N–H and O–H groups in total. The number of nitrogens with zero attached hydrogens (tertiary/aromatic N) is 3. The Morgan fingerprint density at radius 1 is 1.35 bits per heavy atom. The van der Waals surface area contributed by atoms with Gasteiger partial charge in [-0.1, -0.05) is 0 Å². The van der Waals surface area contributed by atoms with E-state index in [0.29, 0.717) is 12.2 Å². The first kappa shape index (κ1) is 12.9. The lowest BCUT2D eigenvalue weighted by molar-refractivity contribution is 0.386. The van der Waals surface area contributed by atoms with Gasteiger partial charge >= 0.3 is 0 Å². The molecule has 1 aliphatic heterocycles. The van der Waals surface area contributed by atoms with Crippen LogP contribution in [0.5, 0.6) is 5.75 Å². The minimum Gasteiger partial charge on any atom is -0.494 e. The van der Waals surface area contributed by atoms with Crippen molar-refractivity contribution in [2.24, 2.45) is 0 Å². The van der Waals surface area contributed by atoms with Crippen LogP contribution in [0.3, 0.4) is 0 Å². The molecule has 20 heavy (non-hydrogen) atoms. The van der Waals surface area contributed by atoms with Crippen LogP contribution >= 0.6 is 0 Å². The van der Waals surface area contributed by atoms with Crippen LogP contribution in [0.2, 0.25) is 0 Å². The Morgan fingerprint density at radius 3 is 3.05 bits per heavy atom. The number of methoxy groups -OCH3 is 1. The average molecular weight is 276 g/mol. The van der Waals surface area contributed by atoms with Crippen LogP contribution in [-0.2, 0) is 19.5 Å². The Labute approximate surface area is 116 Å². The molecule has 0 saturated carbocycles. The third-order valence-corrected chi connectivity index (χ3v) is 3.54. The van der Waals surface area contributed by atoms with Gasteiger partial charge in [-0.05, 0) is 25.0 Å². The first-order valence-electron chi connectivity index (χ1n) is 6.76. The minimum atomic E-state index is -0.374. The van der Waals surface area contributed by atoms with Crippen molar-refractivity contribution >= 4 is 5.69 Å². The Bertz CT molecular complexity index is 611. The molecule has 1 aliphatic rings. The maximum Gasteiger partial charge on any atom is 0.167 e. The van der Waals surface area contributed by atoms with Gasteiger partial charge in [-0.2, -0.15) is 0 Å². The first-order chi connectivity index (χ1) is 9.78. The summed E-state index contributed by atoms with van der Waals surface area (Å²) in [5.74, 6) is 1.82. The molecular weight excluding hydrogens is 259 g/mol. The number of aryl methyl sites for hydroxylation is 1. The highest BCUT2D eigenvalue weighted by atomic mass is 19.1. The molecule has 106 valence electrons. The number of anilines is 1. The summed E-state index contributed by atoms with van der Waals surface area (Å²) < 4.78 is 20.6. The van der Waals surface area contributed by atoms with E-state index in [9.17, 15) is 4.39 Å². The fraction of sp³-hybridized carbons (Fsp3) is 0.429. The molecule has 2 aromatic rings. The molecule has 0 radical (unpaired) electrons. The summed E-state index contributed by atoms with van der Waals surface area (Å²) in [6.07, 6.45) is 3.33. The monoisotopic (exact) mass is 276 g/mol. The smallest absolute Gasteiger partial charge is 0.167 e. The van der Waals surface area contributed by atoms with Crippen molar-refractivity contribution in [3.63, 3.8) is 0 Å². The number of hydrogen-bond donors (Lipinski definition) is 1. The van der Waals surface area contributed by atoms with Gasteiger partial charge in [0.25, 0.3) is 0 Å². The number of hydrogen-bond acceptors (Lipinski definition) is 4. The van der Waals surface area contributed by atoms with Crippen LogP contribution in [0, 0.1) is 5.82 Å². The van der Waals surface area contributed by atoms with Gasteiger partial charge in [0.05, 0.1) is 13.7 Å². The molecule has 2 heterocycles. The highest BCUT2D eigenvalue weighted by molar-refractivity contribution is 5.47. The molecule has 3 rings (SSSR count). The molecule has 0 bridgehead atoms. The predicted molar refractivity (Wildman–Crippen MR) is 73.2 cm³/mol. The summed E-state index contributed by atoms with van der Waals surface area (Å²) in [5.41, 5.74) is 0.705. The second kappa shape index (κ2) is 5.48. The van der Waals surface area contributed by atoms with E-state index in [4.69, 9.17) is 4.74 Å². The van der Waals surface area contributed by atoms with E-state index in [2.05, 4.69) is 20.1 Å². The van der Waals surface area contributed by atoms with Gasteiger partial charge in [0, 0.05) is 24.7 Å². The lowest BCUT2D eigenvalue weighted by Crippen LogP contribution is -2.15. The second-order valence-corrected chi connectivity index (χ2v) is 4.84. The zero-order chi connectivity index (χ0) is 13.9. The van der Waals surface area contributed by atoms with Crippen molar-refractivity contribution in [3.8, 4) is 5.75 Å². The molecule has 0 atom stereocenters. The Hall–Kier alpha value is -2.11. The molecule has 1 aromatic heterocycles. The standard InChI is InChI=1S/C14H17FN4O/c1-20-12-6-5-10(8-11(12)15)16-9-14-18-17-13-4-2-3-7-19(13)14/h5-6,8,16H,2-4,7,9H2,1H3. The van der Waals surface area contributed by atoms with Gasteiger partial charge in [-0.15, -0.1) is 10.2 Å². The highest BCUT2D eigenvalue weighted by Gasteiger charge is 2.15. The third-order valence-electron chi connectivity index (χ3n) is 3.54. The first-order valence-corrected chi connectivity index (χ1v) is 6.76. The van der Waals surface area contributed by atoms with E-state index in [1.54, 1.807) is 12.1 Å². The van der Waals surface area contributed by atoms with Crippen molar-refractivity contribution in [2.45, 2.75) is 32.4 Å². The van der Waals surface area contributed by atoms with Crippen LogP contribution in [0.25, 0.3) is 0 Å². The lowest BCUT2D eigenvalue weighted by Gasteiger charge is -2.15. The molecule has 0 aliphatic carbocycles. The molecule has 0 unspecified atom stereocenters. The molecule has 0 saturated heterocycles. The van der Waals surface area contributed by atoms with E-state index < -0.39 is 0 Å². The number of halogens is 1. The van der Waals surface area contributed by atoms with Gasteiger partial charge < -0.3 is 14.6 Å². The number of nitrogens with one attached hydrogen (secondary N) is 1. The van der Waals surface area contributed by atoms with Gasteiger partial charge in [0.1, 0.15) is 5.82 Å². The molecule has 6 heteroatoms. The topological polar surface area (TPSA) is 52.0 Å². The van der Waals surface area contributed by atoms with Crippen LogP contribution < -0.4 is 10.1 Å². The van der Waals surface area contributed by atoms with Gasteiger partial charge in [0.15, 0.2) is 17.4 Å². The van der Waals surface area contributed by atoms with E-state index in [1.165, 1.54) is 19.6 Å². The Morgan fingerprint density at radius 2 is 2.25 bits per heavy atom. The van der Waals surface area contributed by atoms with Crippen molar-refractivity contribution in [1.82, 2.24) is 14.8 Å². The summed E-state index contributed by atoms with van der Waals surface area (Å²) in [4.78, 5) is 0. The zero-order valence-electron chi connectivity index (χ0n) is 11.4. The maximum atomic E-state index is 13.6. The molecule has 1 aromatic carbocycles. The summed E-state index contributed by atoms with van der Waals surface area (Å²) in [6.45, 7) is 1.51. The van der Waals surface area contributed by atoms with Gasteiger partial charge in [-0.3, -0.25) is 0 Å². The van der Waals surface area contributed by atoms with Crippen molar-refractivity contribution < 1.29 is 9.13 Å². The summed E-state index contributed by atoms with van der Waals surface area (Å²) >= 11 is 0. The van der Waals surface area contributed by atoms with Gasteiger partial charge in [-0.25, -0.2) is 4.39 Å². The van der Waals surface area contributed by atoms with Crippen LogP contribution in [0.4, 0.5) is 10.1 Å².